The van der Waals surface area contributed by atoms with Gasteiger partial charge in [-0.15, -0.1) is 0 Å². The maximum absolute atomic E-state index is 12.3. The maximum Gasteiger partial charge on any atom is 0.240 e. The molecular weight excluding hydrogens is 224 g/mol. The Hall–Kier alpha value is -1.04. The van der Waals surface area contributed by atoms with Gasteiger partial charge in [-0.25, -0.2) is 0 Å². The summed E-state index contributed by atoms with van der Waals surface area (Å²) in [5, 5.41) is 12.5. The molecular formula is C15H24N2O. The summed E-state index contributed by atoms with van der Waals surface area (Å²) in [5.41, 5.74) is -0.710. The molecule has 0 aromatic rings. The molecule has 100 valence electrons. The third kappa shape index (κ3) is 2.85. The van der Waals surface area contributed by atoms with Gasteiger partial charge in [-0.05, 0) is 38.0 Å². The summed E-state index contributed by atoms with van der Waals surface area (Å²) >= 11 is 0. The van der Waals surface area contributed by atoms with Gasteiger partial charge in [-0.2, -0.15) is 5.26 Å². The normalized spacial score (nSPS) is 31.3. The van der Waals surface area contributed by atoms with E-state index in [9.17, 15) is 10.1 Å². The molecule has 1 N–H and O–H groups in total. The molecule has 0 heterocycles. The highest BCUT2D eigenvalue weighted by atomic mass is 16.2. The van der Waals surface area contributed by atoms with Crippen LogP contribution in [-0.4, -0.2) is 11.9 Å². The molecule has 0 aromatic carbocycles. The molecule has 0 aromatic heterocycles. The number of nitriles is 1. The van der Waals surface area contributed by atoms with E-state index < -0.39 is 5.41 Å². The van der Waals surface area contributed by atoms with Crippen LogP contribution in [0.3, 0.4) is 0 Å². The predicted octanol–water partition coefficient (Wildman–Crippen LogP) is 3.16. The van der Waals surface area contributed by atoms with Gasteiger partial charge in [0.1, 0.15) is 5.41 Å². The number of nitrogens with one attached hydrogen (secondary N) is 1. The molecule has 2 unspecified atom stereocenters. The highest BCUT2D eigenvalue weighted by molar-refractivity contribution is 5.85. The zero-order chi connectivity index (χ0) is 13.0. The molecule has 0 saturated heterocycles. The molecule has 0 spiro atoms. The van der Waals surface area contributed by atoms with Crippen molar-refractivity contribution in [3.63, 3.8) is 0 Å². The minimum absolute atomic E-state index is 0.00190. The first-order valence-corrected chi connectivity index (χ1v) is 7.38. The van der Waals surface area contributed by atoms with E-state index in [0.29, 0.717) is 6.04 Å². The molecule has 0 radical (unpaired) electrons. The molecule has 2 saturated carbocycles. The second kappa shape index (κ2) is 5.73. The van der Waals surface area contributed by atoms with E-state index in [1.54, 1.807) is 0 Å². The zero-order valence-corrected chi connectivity index (χ0v) is 11.4. The molecule has 3 nitrogen and oxygen atoms in total. The smallest absolute Gasteiger partial charge is 0.240 e. The molecule has 2 rings (SSSR count). The first kappa shape index (κ1) is 13.4. The van der Waals surface area contributed by atoms with Crippen LogP contribution in [0.25, 0.3) is 0 Å². The number of hydrogen-bond acceptors (Lipinski definition) is 2. The Morgan fingerprint density at radius 2 is 1.89 bits per heavy atom. The summed E-state index contributed by atoms with van der Waals surface area (Å²) in [6.45, 7) is 2.29. The Balaban J connectivity index is 1.92. The van der Waals surface area contributed by atoms with E-state index in [-0.39, 0.29) is 5.91 Å². The van der Waals surface area contributed by atoms with Crippen molar-refractivity contribution in [2.24, 2.45) is 11.3 Å². The van der Waals surface area contributed by atoms with Crippen LogP contribution in [0.15, 0.2) is 0 Å². The van der Waals surface area contributed by atoms with E-state index in [1.165, 1.54) is 19.3 Å². The average Bonchev–Trinajstić information content (AvgIpc) is 2.77. The fourth-order valence-corrected chi connectivity index (χ4v) is 3.32. The summed E-state index contributed by atoms with van der Waals surface area (Å²) < 4.78 is 0. The maximum atomic E-state index is 12.3. The number of rotatable bonds is 2. The summed E-state index contributed by atoms with van der Waals surface area (Å²) in [4.78, 5) is 12.3. The Bertz CT molecular complexity index is 339. The van der Waals surface area contributed by atoms with Crippen LogP contribution in [-0.2, 0) is 4.79 Å². The zero-order valence-electron chi connectivity index (χ0n) is 11.4. The molecule has 18 heavy (non-hydrogen) atoms. The monoisotopic (exact) mass is 248 g/mol. The lowest BCUT2D eigenvalue weighted by Gasteiger charge is -2.24. The van der Waals surface area contributed by atoms with E-state index in [0.717, 1.165) is 44.4 Å². The van der Waals surface area contributed by atoms with Crippen molar-refractivity contribution < 1.29 is 4.79 Å². The average molecular weight is 248 g/mol. The quantitative estimate of drug-likeness (QED) is 0.763. The fourth-order valence-electron chi connectivity index (χ4n) is 3.32. The van der Waals surface area contributed by atoms with Gasteiger partial charge in [-0.3, -0.25) is 4.79 Å². The van der Waals surface area contributed by atoms with Crippen LogP contribution in [0.4, 0.5) is 0 Å². The number of hydrogen-bond donors (Lipinski definition) is 1. The molecule has 2 atom stereocenters. The lowest BCUT2D eigenvalue weighted by atomic mass is 9.86. The molecule has 1 amide bonds. The largest absolute Gasteiger partial charge is 0.352 e. The minimum atomic E-state index is -0.710. The van der Waals surface area contributed by atoms with Crippen molar-refractivity contribution >= 4 is 5.91 Å². The van der Waals surface area contributed by atoms with Crippen LogP contribution >= 0.6 is 0 Å². The molecule has 2 aliphatic carbocycles. The number of carbonyl (C=O) groups is 1. The first-order valence-electron chi connectivity index (χ1n) is 7.38. The molecule has 0 bridgehead atoms. The van der Waals surface area contributed by atoms with Crippen molar-refractivity contribution in [2.45, 2.75) is 70.8 Å². The van der Waals surface area contributed by atoms with Gasteiger partial charge in [-0.1, -0.05) is 32.6 Å². The van der Waals surface area contributed by atoms with Crippen LogP contribution in [0, 0.1) is 22.7 Å². The Morgan fingerprint density at radius 1 is 1.17 bits per heavy atom. The lowest BCUT2D eigenvalue weighted by molar-refractivity contribution is -0.128. The molecule has 0 aliphatic heterocycles. The third-order valence-corrected chi connectivity index (χ3v) is 4.70. The van der Waals surface area contributed by atoms with Crippen molar-refractivity contribution in [3.8, 4) is 6.07 Å². The predicted molar refractivity (Wildman–Crippen MR) is 70.7 cm³/mol. The van der Waals surface area contributed by atoms with Gasteiger partial charge in [0.2, 0.25) is 5.91 Å². The molecule has 2 aliphatic rings. The first-order chi connectivity index (χ1) is 8.66. The van der Waals surface area contributed by atoms with Gasteiger partial charge >= 0.3 is 0 Å². The minimum Gasteiger partial charge on any atom is -0.352 e. The Kier molecular flexibility index (Phi) is 4.27. The van der Waals surface area contributed by atoms with Gasteiger partial charge in [0.05, 0.1) is 6.07 Å². The van der Waals surface area contributed by atoms with Gasteiger partial charge in [0.25, 0.3) is 0 Å². The summed E-state index contributed by atoms with van der Waals surface area (Å²) in [6.07, 6.45) is 9.36. The third-order valence-electron chi connectivity index (χ3n) is 4.70. The highest BCUT2D eigenvalue weighted by Crippen LogP contribution is 2.38. The van der Waals surface area contributed by atoms with Crippen molar-refractivity contribution in [1.82, 2.24) is 5.32 Å². The van der Waals surface area contributed by atoms with Crippen LogP contribution < -0.4 is 5.32 Å². The number of amides is 1. The highest BCUT2D eigenvalue weighted by Gasteiger charge is 2.42. The van der Waals surface area contributed by atoms with Crippen LogP contribution in [0.5, 0.6) is 0 Å². The topological polar surface area (TPSA) is 52.9 Å². The SMILES string of the molecule is CC1CCCC(NC(=O)C2(C#N)CCCC2)CC1. The lowest BCUT2D eigenvalue weighted by Crippen LogP contribution is -2.43. The molecule has 2 fully saturated rings. The van der Waals surface area contributed by atoms with Crippen LogP contribution in [0.2, 0.25) is 0 Å². The summed E-state index contributed by atoms with van der Waals surface area (Å²) in [5.74, 6) is 0.783. The molecule has 3 heteroatoms. The fraction of sp³-hybridized carbons (Fsp3) is 0.867. The van der Waals surface area contributed by atoms with E-state index >= 15 is 0 Å². The number of nitrogens with zero attached hydrogens (tertiary/aromatic N) is 1. The number of carbonyl (C=O) groups excluding carboxylic acids is 1. The Morgan fingerprint density at radius 3 is 2.56 bits per heavy atom. The standard InChI is InChI=1S/C15H24N2O/c1-12-5-4-6-13(8-7-12)17-14(18)15(11-16)9-2-3-10-15/h12-13H,2-10H2,1H3,(H,17,18). The second-order valence-electron chi connectivity index (χ2n) is 6.18. The van der Waals surface area contributed by atoms with E-state index in [1.807, 2.05) is 0 Å². The second-order valence-corrected chi connectivity index (χ2v) is 6.18. The van der Waals surface area contributed by atoms with E-state index in [4.69, 9.17) is 0 Å². The van der Waals surface area contributed by atoms with Gasteiger partial charge in [0.15, 0.2) is 0 Å². The van der Waals surface area contributed by atoms with Crippen LogP contribution in [0.1, 0.15) is 64.7 Å². The van der Waals surface area contributed by atoms with Gasteiger partial charge < -0.3 is 5.32 Å². The summed E-state index contributed by atoms with van der Waals surface area (Å²) in [7, 11) is 0. The van der Waals surface area contributed by atoms with Gasteiger partial charge in [0, 0.05) is 6.04 Å². The van der Waals surface area contributed by atoms with E-state index in [2.05, 4.69) is 18.3 Å². The Labute approximate surface area is 110 Å². The van der Waals surface area contributed by atoms with Crippen molar-refractivity contribution in [1.29, 1.82) is 5.26 Å². The van der Waals surface area contributed by atoms with Crippen molar-refractivity contribution in [3.05, 3.63) is 0 Å². The van der Waals surface area contributed by atoms with Crippen molar-refractivity contribution in [2.75, 3.05) is 0 Å². The summed E-state index contributed by atoms with van der Waals surface area (Å²) in [6, 6.07) is 2.58.